The molecule has 1 rings (SSSR count). The molecule has 0 atom stereocenters. The lowest BCUT2D eigenvalue weighted by molar-refractivity contribution is 0.0692. The average molecular weight is 235 g/mol. The molecule has 0 aromatic heterocycles. The fourth-order valence-electron chi connectivity index (χ4n) is 0.772. The Morgan fingerprint density at radius 3 is 2.50 bits per heavy atom. The summed E-state index contributed by atoms with van der Waals surface area (Å²) in [7, 11) is 0. The highest BCUT2D eigenvalue weighted by Gasteiger charge is 2.14. The van der Waals surface area contributed by atoms with E-state index in [9.17, 15) is 9.18 Å². The van der Waals surface area contributed by atoms with E-state index in [4.69, 9.17) is 10.2 Å². The highest BCUT2D eigenvalue weighted by Crippen LogP contribution is 2.27. The molecule has 0 spiro atoms. The predicted molar refractivity (Wildman–Crippen MR) is 42.7 cm³/mol. The Balaban J connectivity index is 3.38. The zero-order valence-electron chi connectivity index (χ0n) is 5.71. The van der Waals surface area contributed by atoms with Crippen LogP contribution in [0.5, 0.6) is 5.75 Å². The normalized spacial score (nSPS) is 9.83. The second-order valence-corrected chi connectivity index (χ2v) is 2.94. The lowest BCUT2D eigenvalue weighted by atomic mass is 10.2. The lowest BCUT2D eigenvalue weighted by Crippen LogP contribution is -1.98. The molecule has 1 aromatic carbocycles. The standard InChI is InChI=1S/C7H4BrFO3/c8-4-1-3(9)2-5(10)6(4)7(11)12/h1-2,10H,(H,11,12). The Labute approximate surface area is 75.6 Å². The van der Waals surface area contributed by atoms with E-state index in [1.54, 1.807) is 0 Å². The van der Waals surface area contributed by atoms with Crippen LogP contribution in [0.4, 0.5) is 4.39 Å². The van der Waals surface area contributed by atoms with Gasteiger partial charge in [-0.25, -0.2) is 9.18 Å². The Hall–Kier alpha value is -1.10. The molecule has 2 N–H and O–H groups in total. The molecule has 0 aliphatic carbocycles. The van der Waals surface area contributed by atoms with Crippen molar-refractivity contribution in [3.05, 3.63) is 28.0 Å². The Morgan fingerprint density at radius 2 is 2.08 bits per heavy atom. The van der Waals surface area contributed by atoms with Gasteiger partial charge in [-0.15, -0.1) is 0 Å². The number of carbonyl (C=O) groups is 1. The van der Waals surface area contributed by atoms with Crippen LogP contribution in [0, 0.1) is 5.82 Å². The monoisotopic (exact) mass is 234 g/mol. The number of halogens is 2. The zero-order chi connectivity index (χ0) is 9.30. The SMILES string of the molecule is O=C(O)c1c(O)cc(F)cc1Br. The average Bonchev–Trinajstić information content (AvgIpc) is 1.82. The number of carboxylic acids is 1. The molecular weight excluding hydrogens is 231 g/mol. The quantitative estimate of drug-likeness (QED) is 0.782. The molecule has 3 nitrogen and oxygen atoms in total. The Bertz CT molecular complexity index is 314. The smallest absolute Gasteiger partial charge is 0.340 e. The molecule has 0 saturated carbocycles. The maximum Gasteiger partial charge on any atom is 0.340 e. The molecule has 0 heterocycles. The molecule has 0 aliphatic heterocycles. The van der Waals surface area contributed by atoms with Crippen molar-refractivity contribution in [2.24, 2.45) is 0 Å². The van der Waals surface area contributed by atoms with Crippen LogP contribution in [0.15, 0.2) is 16.6 Å². The molecule has 1 aromatic rings. The first-order valence-electron chi connectivity index (χ1n) is 2.93. The van der Waals surface area contributed by atoms with Crippen LogP contribution in [0.25, 0.3) is 0 Å². The van der Waals surface area contributed by atoms with Gasteiger partial charge in [0.15, 0.2) is 0 Å². The molecule has 0 fully saturated rings. The molecule has 0 unspecified atom stereocenters. The van der Waals surface area contributed by atoms with Gasteiger partial charge in [0.2, 0.25) is 0 Å². The van der Waals surface area contributed by atoms with Gasteiger partial charge in [0.25, 0.3) is 0 Å². The summed E-state index contributed by atoms with van der Waals surface area (Å²) in [5.41, 5.74) is -0.337. The highest BCUT2D eigenvalue weighted by atomic mass is 79.9. The molecule has 0 aliphatic rings. The van der Waals surface area contributed by atoms with E-state index in [0.29, 0.717) is 0 Å². The van der Waals surface area contributed by atoms with E-state index in [2.05, 4.69) is 15.9 Å². The second kappa shape index (κ2) is 3.10. The molecule has 0 saturated heterocycles. The molecule has 0 amide bonds. The number of benzene rings is 1. The summed E-state index contributed by atoms with van der Waals surface area (Å²) in [6.45, 7) is 0. The molecule has 12 heavy (non-hydrogen) atoms. The molecular formula is C7H4BrFO3. The summed E-state index contributed by atoms with van der Waals surface area (Å²) in [6.07, 6.45) is 0. The maximum absolute atomic E-state index is 12.5. The van der Waals surface area contributed by atoms with Gasteiger partial charge in [0, 0.05) is 10.5 Å². The van der Waals surface area contributed by atoms with Crippen molar-refractivity contribution in [2.45, 2.75) is 0 Å². The van der Waals surface area contributed by atoms with Crippen LogP contribution < -0.4 is 0 Å². The summed E-state index contributed by atoms with van der Waals surface area (Å²) in [5, 5.41) is 17.5. The Kier molecular flexibility index (Phi) is 2.32. The van der Waals surface area contributed by atoms with E-state index in [0.717, 1.165) is 12.1 Å². The fraction of sp³-hybridized carbons (Fsp3) is 0. The van der Waals surface area contributed by atoms with E-state index in [1.165, 1.54) is 0 Å². The van der Waals surface area contributed by atoms with Gasteiger partial charge >= 0.3 is 5.97 Å². The van der Waals surface area contributed by atoms with Crippen LogP contribution in [-0.2, 0) is 0 Å². The van der Waals surface area contributed by atoms with Gasteiger partial charge in [-0.2, -0.15) is 0 Å². The van der Waals surface area contributed by atoms with Crippen molar-refractivity contribution in [2.75, 3.05) is 0 Å². The summed E-state index contributed by atoms with van der Waals surface area (Å²) in [4.78, 5) is 10.4. The van der Waals surface area contributed by atoms with Crippen molar-refractivity contribution in [3.8, 4) is 5.75 Å². The third-order valence-corrected chi connectivity index (χ3v) is 1.87. The van der Waals surface area contributed by atoms with Crippen molar-refractivity contribution in [1.82, 2.24) is 0 Å². The van der Waals surface area contributed by atoms with Gasteiger partial charge in [-0.3, -0.25) is 0 Å². The number of aromatic hydroxyl groups is 1. The number of phenols is 1. The van der Waals surface area contributed by atoms with Crippen molar-refractivity contribution in [3.63, 3.8) is 0 Å². The van der Waals surface area contributed by atoms with Gasteiger partial charge in [-0.05, 0) is 22.0 Å². The van der Waals surface area contributed by atoms with Crippen LogP contribution in [0.2, 0.25) is 0 Å². The molecule has 5 heteroatoms. The minimum atomic E-state index is -1.31. The lowest BCUT2D eigenvalue weighted by Gasteiger charge is -2.01. The number of carboxylic acid groups (broad SMARTS) is 1. The summed E-state index contributed by atoms with van der Waals surface area (Å²) >= 11 is 2.82. The van der Waals surface area contributed by atoms with E-state index in [1.807, 2.05) is 0 Å². The second-order valence-electron chi connectivity index (χ2n) is 2.09. The minimum Gasteiger partial charge on any atom is -0.507 e. The van der Waals surface area contributed by atoms with Crippen molar-refractivity contribution < 1.29 is 19.4 Å². The van der Waals surface area contributed by atoms with Gasteiger partial charge < -0.3 is 10.2 Å². The van der Waals surface area contributed by atoms with E-state index >= 15 is 0 Å². The van der Waals surface area contributed by atoms with E-state index in [-0.39, 0.29) is 10.0 Å². The van der Waals surface area contributed by atoms with Crippen molar-refractivity contribution in [1.29, 1.82) is 0 Å². The summed E-state index contributed by atoms with van der Waals surface area (Å²) in [6, 6.07) is 1.72. The largest absolute Gasteiger partial charge is 0.507 e. The first-order valence-corrected chi connectivity index (χ1v) is 3.73. The fourth-order valence-corrected chi connectivity index (χ4v) is 1.36. The minimum absolute atomic E-state index is 0.0208. The maximum atomic E-state index is 12.5. The first-order chi connectivity index (χ1) is 5.52. The summed E-state index contributed by atoms with van der Waals surface area (Å²) < 4.78 is 12.5. The number of aromatic carboxylic acids is 1. The number of rotatable bonds is 1. The molecule has 0 radical (unpaired) electrons. The number of hydrogen-bond acceptors (Lipinski definition) is 2. The number of hydrogen-bond donors (Lipinski definition) is 2. The highest BCUT2D eigenvalue weighted by molar-refractivity contribution is 9.10. The van der Waals surface area contributed by atoms with Crippen LogP contribution in [0.3, 0.4) is 0 Å². The van der Waals surface area contributed by atoms with Gasteiger partial charge in [0.05, 0.1) is 0 Å². The van der Waals surface area contributed by atoms with Gasteiger partial charge in [0.1, 0.15) is 17.1 Å². The summed E-state index contributed by atoms with van der Waals surface area (Å²) in [5.74, 6) is -2.59. The van der Waals surface area contributed by atoms with Crippen molar-refractivity contribution >= 4 is 21.9 Å². The molecule has 0 bridgehead atoms. The predicted octanol–water partition coefficient (Wildman–Crippen LogP) is 1.99. The Morgan fingerprint density at radius 1 is 1.50 bits per heavy atom. The molecule has 64 valence electrons. The van der Waals surface area contributed by atoms with Crippen LogP contribution >= 0.6 is 15.9 Å². The van der Waals surface area contributed by atoms with Crippen LogP contribution in [-0.4, -0.2) is 16.2 Å². The van der Waals surface area contributed by atoms with Crippen LogP contribution in [0.1, 0.15) is 10.4 Å². The third-order valence-electron chi connectivity index (χ3n) is 1.25. The first kappa shape index (κ1) is 8.99. The third kappa shape index (κ3) is 1.55. The van der Waals surface area contributed by atoms with Gasteiger partial charge in [-0.1, -0.05) is 0 Å². The van der Waals surface area contributed by atoms with E-state index < -0.39 is 17.5 Å². The topological polar surface area (TPSA) is 57.5 Å². The zero-order valence-corrected chi connectivity index (χ0v) is 7.30.